The van der Waals surface area contributed by atoms with E-state index in [1.54, 1.807) is 0 Å². The summed E-state index contributed by atoms with van der Waals surface area (Å²) < 4.78 is 8.95. The lowest BCUT2D eigenvalue weighted by atomic mass is 9.78. The number of fused-ring (bicyclic) bond motifs is 2. The predicted molar refractivity (Wildman–Crippen MR) is 109 cm³/mol. The molecule has 2 saturated heterocycles. The average Bonchev–Trinajstić information content (AvgIpc) is 3.33. The molecule has 2 heterocycles. The number of carbonyl (C=O) groups excluding carboxylic acids is 1. The number of hydrogen-bond donors (Lipinski definition) is 2. The third kappa shape index (κ3) is 3.36. The number of benzene rings is 1. The Morgan fingerprint density at radius 2 is 1.93 bits per heavy atom. The second-order valence-corrected chi connectivity index (χ2v) is 9.74. The maximum Gasteiger partial charge on any atom is 0.329 e. The Morgan fingerprint density at radius 1 is 1.22 bits per heavy atom. The average molecular weight is 388 g/mol. The van der Waals surface area contributed by atoms with Crippen molar-refractivity contribution < 1.29 is 9.53 Å². The normalized spacial score (nSPS) is 25.3. The number of carbonyl (C=O) groups is 1. The van der Waals surface area contributed by atoms with E-state index in [1.165, 1.54) is 47.0 Å². The van der Waals surface area contributed by atoms with Crippen LogP contribution in [0.2, 0.25) is 0 Å². The van der Waals surface area contributed by atoms with Crippen LogP contribution in [-0.4, -0.2) is 49.5 Å². The van der Waals surface area contributed by atoms with Crippen molar-refractivity contribution in [2.75, 3.05) is 37.8 Å². The van der Waals surface area contributed by atoms with Gasteiger partial charge in [-0.15, -0.1) is 0 Å². The molecule has 4 aliphatic rings. The standard InChI is InChI=1S/C21H29N3O2S/c1-24-11-21(12-24)9-16(26-13-21)10-27-23-20(25)22-19-17-6-2-4-14(17)8-15-5-3-7-18(15)19/h8,16H,2-7,9-13H2,1H3,(H2,22,23,25). The monoisotopic (exact) mass is 387 g/mol. The fraction of sp³-hybridized carbons (Fsp3) is 0.667. The molecule has 1 unspecified atom stereocenters. The topological polar surface area (TPSA) is 53.6 Å². The summed E-state index contributed by atoms with van der Waals surface area (Å²) in [6.07, 6.45) is 8.29. The van der Waals surface area contributed by atoms with Gasteiger partial charge in [-0.25, -0.2) is 4.79 Å². The highest BCUT2D eigenvalue weighted by Crippen LogP contribution is 2.41. The van der Waals surface area contributed by atoms with Crippen molar-refractivity contribution >= 4 is 23.7 Å². The molecule has 1 aromatic carbocycles. The molecule has 2 amide bonds. The molecule has 5 rings (SSSR count). The van der Waals surface area contributed by atoms with Gasteiger partial charge in [0.15, 0.2) is 0 Å². The van der Waals surface area contributed by atoms with Gasteiger partial charge in [0.2, 0.25) is 0 Å². The lowest BCUT2D eigenvalue weighted by Gasteiger charge is -2.45. The Kier molecular flexibility index (Phi) is 4.61. The van der Waals surface area contributed by atoms with E-state index in [0.29, 0.717) is 5.41 Å². The number of ether oxygens (including phenoxy) is 1. The lowest BCUT2D eigenvalue weighted by Crippen LogP contribution is -2.54. The van der Waals surface area contributed by atoms with Gasteiger partial charge < -0.3 is 15.0 Å². The van der Waals surface area contributed by atoms with E-state index in [2.05, 4.69) is 28.1 Å². The molecule has 0 radical (unpaired) electrons. The summed E-state index contributed by atoms with van der Waals surface area (Å²) in [4.78, 5) is 14.9. The molecule has 146 valence electrons. The summed E-state index contributed by atoms with van der Waals surface area (Å²) in [6, 6.07) is 2.30. The van der Waals surface area contributed by atoms with Crippen LogP contribution in [0.4, 0.5) is 10.5 Å². The van der Waals surface area contributed by atoms with Gasteiger partial charge in [0, 0.05) is 29.9 Å². The summed E-state index contributed by atoms with van der Waals surface area (Å²) >= 11 is 1.48. The van der Waals surface area contributed by atoms with Gasteiger partial charge in [-0.05, 0) is 86.2 Å². The number of urea groups is 1. The van der Waals surface area contributed by atoms with Crippen LogP contribution in [0.5, 0.6) is 0 Å². The summed E-state index contributed by atoms with van der Waals surface area (Å²) in [5.41, 5.74) is 7.16. The number of nitrogens with zero attached hydrogens (tertiary/aromatic N) is 1. The number of rotatable bonds is 4. The van der Waals surface area contributed by atoms with Crippen LogP contribution >= 0.6 is 11.9 Å². The fourth-order valence-electron chi connectivity index (χ4n) is 5.63. The Morgan fingerprint density at radius 3 is 2.59 bits per heavy atom. The lowest BCUT2D eigenvalue weighted by molar-refractivity contribution is 0.00993. The maximum atomic E-state index is 12.5. The highest BCUT2D eigenvalue weighted by atomic mass is 32.2. The van der Waals surface area contributed by atoms with Crippen molar-refractivity contribution in [1.82, 2.24) is 9.62 Å². The Labute approximate surface area is 165 Å². The number of hydrogen-bond acceptors (Lipinski definition) is 4. The van der Waals surface area contributed by atoms with Gasteiger partial charge in [-0.2, -0.15) is 0 Å². The number of nitrogens with one attached hydrogen (secondary N) is 2. The van der Waals surface area contributed by atoms with Gasteiger partial charge in [0.1, 0.15) is 0 Å². The first kappa shape index (κ1) is 17.8. The Balaban J connectivity index is 1.16. The fourth-order valence-corrected chi connectivity index (χ4v) is 6.29. The first-order valence-electron chi connectivity index (χ1n) is 10.3. The maximum absolute atomic E-state index is 12.5. The molecule has 2 aliphatic carbocycles. The van der Waals surface area contributed by atoms with Gasteiger partial charge in [-0.1, -0.05) is 6.07 Å². The minimum absolute atomic E-state index is 0.0921. The van der Waals surface area contributed by atoms with Crippen LogP contribution in [-0.2, 0) is 30.4 Å². The SMILES string of the molecule is CN1CC2(COC(CSNC(=O)Nc3c4c(cc5c3CCC5)CCC4)C2)C1. The van der Waals surface area contributed by atoms with Crippen LogP contribution in [0.25, 0.3) is 0 Å². The van der Waals surface area contributed by atoms with E-state index in [1.807, 2.05) is 0 Å². The number of aryl methyl sites for hydroxylation is 2. The molecule has 6 heteroatoms. The molecule has 0 aromatic heterocycles. The van der Waals surface area contributed by atoms with Gasteiger partial charge >= 0.3 is 6.03 Å². The minimum Gasteiger partial charge on any atom is -0.377 e. The van der Waals surface area contributed by atoms with E-state index in [0.717, 1.165) is 63.2 Å². The molecule has 0 saturated carbocycles. The molecule has 5 nitrogen and oxygen atoms in total. The minimum atomic E-state index is -0.0921. The quantitative estimate of drug-likeness (QED) is 0.780. The molecule has 1 atom stereocenters. The van der Waals surface area contributed by atoms with Crippen LogP contribution in [0.3, 0.4) is 0 Å². The molecule has 2 N–H and O–H groups in total. The second kappa shape index (κ2) is 6.98. The Hall–Kier alpha value is -1.24. The van der Waals surface area contributed by atoms with Crippen molar-refractivity contribution in [3.05, 3.63) is 28.3 Å². The van der Waals surface area contributed by atoms with Gasteiger partial charge in [0.25, 0.3) is 0 Å². The summed E-state index contributed by atoms with van der Waals surface area (Å²) in [5.74, 6) is 0.823. The zero-order valence-electron chi connectivity index (χ0n) is 16.1. The van der Waals surface area contributed by atoms with Crippen molar-refractivity contribution in [3.63, 3.8) is 0 Å². The highest BCUT2D eigenvalue weighted by molar-refractivity contribution is 7.97. The number of likely N-dealkylation sites (tertiary alicyclic amines) is 1. The van der Waals surface area contributed by atoms with E-state index in [9.17, 15) is 4.79 Å². The zero-order valence-corrected chi connectivity index (χ0v) is 16.9. The number of anilines is 1. The molecule has 2 fully saturated rings. The molecule has 0 bridgehead atoms. The smallest absolute Gasteiger partial charge is 0.329 e. The Bertz CT molecular complexity index is 728. The van der Waals surface area contributed by atoms with Crippen molar-refractivity contribution in [2.24, 2.45) is 5.41 Å². The highest BCUT2D eigenvalue weighted by Gasteiger charge is 2.47. The van der Waals surface area contributed by atoms with E-state index in [-0.39, 0.29) is 12.1 Å². The molecule has 1 aromatic rings. The first-order valence-corrected chi connectivity index (χ1v) is 11.3. The second-order valence-electron chi connectivity index (χ2n) is 8.91. The van der Waals surface area contributed by atoms with Crippen molar-refractivity contribution in [3.8, 4) is 0 Å². The predicted octanol–water partition coefficient (Wildman–Crippen LogP) is 3.15. The first-order chi connectivity index (χ1) is 13.1. The number of amides is 2. The van der Waals surface area contributed by atoms with Gasteiger partial charge in [0.05, 0.1) is 12.7 Å². The summed E-state index contributed by atoms with van der Waals surface area (Å²) in [5, 5.41) is 3.19. The van der Waals surface area contributed by atoms with Crippen molar-refractivity contribution in [1.29, 1.82) is 0 Å². The van der Waals surface area contributed by atoms with E-state index in [4.69, 9.17) is 4.74 Å². The summed E-state index contributed by atoms with van der Waals surface area (Å²) in [6.45, 7) is 3.16. The molecule has 1 spiro atoms. The van der Waals surface area contributed by atoms with E-state index < -0.39 is 0 Å². The van der Waals surface area contributed by atoms with Crippen LogP contribution < -0.4 is 10.0 Å². The zero-order chi connectivity index (χ0) is 18.4. The van der Waals surface area contributed by atoms with E-state index >= 15 is 0 Å². The summed E-state index contributed by atoms with van der Waals surface area (Å²) in [7, 11) is 2.16. The third-order valence-electron chi connectivity index (χ3n) is 6.64. The van der Waals surface area contributed by atoms with Crippen LogP contribution in [0, 0.1) is 5.41 Å². The van der Waals surface area contributed by atoms with Crippen LogP contribution in [0.15, 0.2) is 6.07 Å². The molecule has 2 aliphatic heterocycles. The largest absolute Gasteiger partial charge is 0.377 e. The van der Waals surface area contributed by atoms with Gasteiger partial charge in [-0.3, -0.25) is 4.72 Å². The molecular weight excluding hydrogens is 358 g/mol. The van der Waals surface area contributed by atoms with Crippen LogP contribution in [0.1, 0.15) is 41.5 Å². The third-order valence-corrected chi connectivity index (χ3v) is 7.51. The van der Waals surface area contributed by atoms with Crippen molar-refractivity contribution in [2.45, 2.75) is 51.0 Å². The molecular formula is C21H29N3O2S. The molecule has 27 heavy (non-hydrogen) atoms.